The van der Waals surface area contributed by atoms with Crippen LogP contribution in [0.2, 0.25) is 0 Å². The second-order valence-electron chi connectivity index (χ2n) is 3.75. The van der Waals surface area contributed by atoms with Crippen LogP contribution in [0, 0.1) is 0 Å². The number of anilines is 1. The third-order valence-electron chi connectivity index (χ3n) is 2.37. The maximum absolute atomic E-state index is 11.1. The van der Waals surface area contributed by atoms with E-state index in [2.05, 4.69) is 4.74 Å². The lowest BCUT2D eigenvalue weighted by Gasteiger charge is -2.20. The number of benzene rings is 1. The molecule has 0 aliphatic heterocycles. The molecular formula is C12H17NO3. The van der Waals surface area contributed by atoms with Crippen LogP contribution in [0.5, 0.6) is 0 Å². The van der Waals surface area contributed by atoms with Gasteiger partial charge in [0.25, 0.3) is 0 Å². The molecule has 16 heavy (non-hydrogen) atoms. The van der Waals surface area contributed by atoms with Crippen molar-refractivity contribution in [1.82, 2.24) is 0 Å². The lowest BCUT2D eigenvalue weighted by Crippen LogP contribution is -2.15. The number of aliphatic hydroxyl groups is 1. The Balaban J connectivity index is 2.90. The number of para-hydroxylation sites is 1. The number of methoxy groups -OCH3 is 1. The van der Waals surface area contributed by atoms with Crippen molar-refractivity contribution in [2.45, 2.75) is 12.5 Å². The standard InChI is InChI=1S/C12H17NO3/c1-13(2)10-7-5-4-6-9(10)11(14)8-12(15)16-3/h4-7,11,14H,8H2,1-3H3/t11-/m1/s1. The summed E-state index contributed by atoms with van der Waals surface area (Å²) in [5, 5.41) is 9.92. The molecule has 88 valence electrons. The van der Waals surface area contributed by atoms with E-state index in [4.69, 9.17) is 0 Å². The molecule has 1 N–H and O–H groups in total. The van der Waals surface area contributed by atoms with Crippen LogP contribution in [-0.4, -0.2) is 32.3 Å². The number of ether oxygens (including phenoxy) is 1. The number of hydrogen-bond donors (Lipinski definition) is 1. The van der Waals surface area contributed by atoms with Gasteiger partial charge in [-0.15, -0.1) is 0 Å². The van der Waals surface area contributed by atoms with Crippen LogP contribution < -0.4 is 4.90 Å². The van der Waals surface area contributed by atoms with Crippen molar-refractivity contribution in [3.63, 3.8) is 0 Å². The molecule has 0 aromatic heterocycles. The van der Waals surface area contributed by atoms with Gasteiger partial charge in [-0.1, -0.05) is 18.2 Å². The van der Waals surface area contributed by atoms with Gasteiger partial charge in [0.2, 0.25) is 0 Å². The van der Waals surface area contributed by atoms with Crippen molar-refractivity contribution in [3.8, 4) is 0 Å². The van der Waals surface area contributed by atoms with Crippen molar-refractivity contribution in [1.29, 1.82) is 0 Å². The Kier molecular flexibility index (Phi) is 4.31. The highest BCUT2D eigenvalue weighted by Gasteiger charge is 2.16. The van der Waals surface area contributed by atoms with Gasteiger partial charge >= 0.3 is 5.97 Å². The van der Waals surface area contributed by atoms with E-state index in [-0.39, 0.29) is 6.42 Å². The molecule has 0 heterocycles. The summed E-state index contributed by atoms with van der Waals surface area (Å²) in [5.74, 6) is -0.416. The van der Waals surface area contributed by atoms with Crippen LogP contribution in [0.1, 0.15) is 18.1 Å². The van der Waals surface area contributed by atoms with E-state index in [0.717, 1.165) is 11.3 Å². The fraction of sp³-hybridized carbons (Fsp3) is 0.417. The minimum absolute atomic E-state index is 0.0264. The Hall–Kier alpha value is -1.55. The summed E-state index contributed by atoms with van der Waals surface area (Å²) in [6.07, 6.45) is -0.854. The first kappa shape index (κ1) is 12.5. The Morgan fingerprint density at radius 3 is 2.62 bits per heavy atom. The highest BCUT2D eigenvalue weighted by atomic mass is 16.5. The maximum atomic E-state index is 11.1. The monoisotopic (exact) mass is 223 g/mol. The highest BCUT2D eigenvalue weighted by molar-refractivity contribution is 5.70. The first-order valence-electron chi connectivity index (χ1n) is 5.07. The molecule has 1 atom stereocenters. The Bertz CT molecular complexity index is 363. The average Bonchev–Trinajstić information content (AvgIpc) is 2.28. The molecule has 1 aromatic rings. The zero-order valence-electron chi connectivity index (χ0n) is 9.80. The third kappa shape index (κ3) is 2.97. The maximum Gasteiger partial charge on any atom is 0.308 e. The van der Waals surface area contributed by atoms with Crippen LogP contribution in [0.3, 0.4) is 0 Å². The SMILES string of the molecule is COC(=O)C[C@@H](O)c1ccccc1N(C)C. The molecule has 0 aliphatic carbocycles. The molecule has 0 spiro atoms. The van der Waals surface area contributed by atoms with Gasteiger partial charge in [0.05, 0.1) is 19.6 Å². The van der Waals surface area contributed by atoms with Crippen molar-refractivity contribution >= 4 is 11.7 Å². The van der Waals surface area contributed by atoms with E-state index in [0.29, 0.717) is 0 Å². The first-order chi connectivity index (χ1) is 7.56. The number of aliphatic hydroxyl groups excluding tert-OH is 1. The fourth-order valence-electron chi connectivity index (χ4n) is 1.53. The van der Waals surface area contributed by atoms with Gasteiger partial charge in [0.15, 0.2) is 0 Å². The van der Waals surface area contributed by atoms with Crippen molar-refractivity contribution in [2.75, 3.05) is 26.1 Å². The molecule has 4 heteroatoms. The number of hydrogen-bond acceptors (Lipinski definition) is 4. The predicted molar refractivity (Wildman–Crippen MR) is 62.4 cm³/mol. The molecule has 0 fully saturated rings. The lowest BCUT2D eigenvalue weighted by atomic mass is 10.0. The predicted octanol–water partition coefficient (Wildman–Crippen LogP) is 1.35. The summed E-state index contributed by atoms with van der Waals surface area (Å²) in [6.45, 7) is 0. The fourth-order valence-corrected chi connectivity index (χ4v) is 1.53. The Labute approximate surface area is 95.5 Å². The van der Waals surface area contributed by atoms with E-state index in [1.54, 1.807) is 0 Å². The van der Waals surface area contributed by atoms with Gasteiger partial charge in [-0.05, 0) is 6.07 Å². The van der Waals surface area contributed by atoms with E-state index in [9.17, 15) is 9.90 Å². The molecule has 0 saturated carbocycles. The molecule has 1 aromatic carbocycles. The molecule has 0 saturated heterocycles. The smallest absolute Gasteiger partial charge is 0.308 e. The zero-order chi connectivity index (χ0) is 12.1. The van der Waals surface area contributed by atoms with Gasteiger partial charge in [0, 0.05) is 25.3 Å². The number of esters is 1. The van der Waals surface area contributed by atoms with E-state index >= 15 is 0 Å². The Morgan fingerprint density at radius 1 is 1.44 bits per heavy atom. The second-order valence-corrected chi connectivity index (χ2v) is 3.75. The first-order valence-corrected chi connectivity index (χ1v) is 5.07. The highest BCUT2D eigenvalue weighted by Crippen LogP contribution is 2.26. The number of carbonyl (C=O) groups excluding carboxylic acids is 1. The minimum atomic E-state index is -0.828. The Morgan fingerprint density at radius 2 is 2.06 bits per heavy atom. The van der Waals surface area contributed by atoms with Crippen LogP contribution in [0.4, 0.5) is 5.69 Å². The third-order valence-corrected chi connectivity index (χ3v) is 2.37. The van der Waals surface area contributed by atoms with Crippen molar-refractivity contribution in [3.05, 3.63) is 29.8 Å². The molecular weight excluding hydrogens is 206 g/mol. The van der Waals surface area contributed by atoms with Crippen LogP contribution in [0.25, 0.3) is 0 Å². The van der Waals surface area contributed by atoms with E-state index < -0.39 is 12.1 Å². The normalized spacial score (nSPS) is 12.0. The summed E-state index contributed by atoms with van der Waals surface area (Å²) in [7, 11) is 5.10. The van der Waals surface area contributed by atoms with Gasteiger partial charge in [-0.3, -0.25) is 4.79 Å². The summed E-state index contributed by atoms with van der Waals surface area (Å²) >= 11 is 0. The summed E-state index contributed by atoms with van der Waals surface area (Å²) < 4.78 is 4.53. The zero-order valence-corrected chi connectivity index (χ0v) is 9.80. The minimum Gasteiger partial charge on any atom is -0.469 e. The van der Waals surface area contributed by atoms with Crippen molar-refractivity contribution < 1.29 is 14.6 Å². The number of rotatable bonds is 4. The lowest BCUT2D eigenvalue weighted by molar-refractivity contribution is -0.142. The molecule has 4 nitrogen and oxygen atoms in total. The van der Waals surface area contributed by atoms with Crippen LogP contribution >= 0.6 is 0 Å². The average molecular weight is 223 g/mol. The molecule has 0 unspecified atom stereocenters. The quantitative estimate of drug-likeness (QED) is 0.783. The summed E-state index contributed by atoms with van der Waals surface area (Å²) in [6, 6.07) is 7.44. The van der Waals surface area contributed by atoms with Gasteiger partial charge in [-0.2, -0.15) is 0 Å². The van der Waals surface area contributed by atoms with E-state index in [1.165, 1.54) is 7.11 Å². The van der Waals surface area contributed by atoms with Crippen LogP contribution in [0.15, 0.2) is 24.3 Å². The van der Waals surface area contributed by atoms with Crippen molar-refractivity contribution in [2.24, 2.45) is 0 Å². The second kappa shape index (κ2) is 5.51. The number of nitrogens with zero attached hydrogens (tertiary/aromatic N) is 1. The largest absolute Gasteiger partial charge is 0.469 e. The molecule has 0 radical (unpaired) electrons. The van der Waals surface area contributed by atoms with Crippen LogP contribution in [-0.2, 0) is 9.53 Å². The van der Waals surface area contributed by atoms with Gasteiger partial charge < -0.3 is 14.7 Å². The number of carbonyl (C=O) groups is 1. The van der Waals surface area contributed by atoms with Gasteiger partial charge in [-0.25, -0.2) is 0 Å². The summed E-state index contributed by atoms with van der Waals surface area (Å²) in [4.78, 5) is 13.0. The van der Waals surface area contributed by atoms with E-state index in [1.807, 2.05) is 43.3 Å². The molecule has 0 bridgehead atoms. The topological polar surface area (TPSA) is 49.8 Å². The van der Waals surface area contributed by atoms with Gasteiger partial charge in [0.1, 0.15) is 0 Å². The molecule has 0 aliphatic rings. The molecule has 0 amide bonds. The molecule has 1 rings (SSSR count). The summed E-state index contributed by atoms with van der Waals surface area (Å²) in [5.41, 5.74) is 1.64.